The Morgan fingerprint density at radius 3 is 2.46 bits per heavy atom. The van der Waals surface area contributed by atoms with Crippen LogP contribution in [-0.4, -0.2) is 90.7 Å². The lowest BCUT2D eigenvalue weighted by molar-refractivity contribution is -0.145. The number of hydrogen-bond donors (Lipinski definition) is 1. The fraction of sp³-hybridized carbons (Fsp3) is 0.594. The molecule has 1 N–H and O–H groups in total. The van der Waals surface area contributed by atoms with E-state index in [1.54, 1.807) is 33.7 Å². The predicted octanol–water partition coefficient (Wildman–Crippen LogP) is 4.40. The number of thioether (sulfide) groups is 1. The molecule has 1 spiro atoms. The van der Waals surface area contributed by atoms with E-state index in [1.165, 1.54) is 6.42 Å². The number of carbonyl (C=O) groups is 3. The number of benzene rings is 1. The van der Waals surface area contributed by atoms with Crippen LogP contribution >= 0.6 is 27.7 Å². The Kier molecular flexibility index (Phi) is 9.66. The van der Waals surface area contributed by atoms with Crippen LogP contribution in [0.2, 0.25) is 0 Å². The Bertz CT molecular complexity index is 1150. The van der Waals surface area contributed by atoms with Crippen LogP contribution in [0.4, 0.5) is 0 Å². The molecular weight excluding hydrogens is 602 g/mol. The Morgan fingerprint density at radius 1 is 1.10 bits per heavy atom. The number of rotatable bonds is 12. The minimum atomic E-state index is -0.691. The van der Waals surface area contributed by atoms with E-state index in [9.17, 15) is 19.5 Å². The zero-order valence-corrected chi connectivity index (χ0v) is 26.1. The Labute approximate surface area is 256 Å². The van der Waals surface area contributed by atoms with Crippen LogP contribution in [0.25, 0.3) is 0 Å². The number of aliphatic hydroxyl groups excluding tert-OH is 1. The van der Waals surface area contributed by atoms with Crippen molar-refractivity contribution in [3.8, 4) is 0 Å². The average Bonchev–Trinajstić information content (AvgIpc) is 3.58. The lowest BCUT2D eigenvalue weighted by Crippen LogP contribution is -2.57. The van der Waals surface area contributed by atoms with Gasteiger partial charge in [0.2, 0.25) is 17.7 Å². The van der Waals surface area contributed by atoms with Gasteiger partial charge >= 0.3 is 0 Å². The van der Waals surface area contributed by atoms with E-state index in [2.05, 4.69) is 29.1 Å². The lowest BCUT2D eigenvalue weighted by atomic mass is 9.70. The number of likely N-dealkylation sites (tertiary alicyclic amines) is 1. The van der Waals surface area contributed by atoms with Gasteiger partial charge in [0.1, 0.15) is 6.04 Å². The predicted molar refractivity (Wildman–Crippen MR) is 166 cm³/mol. The van der Waals surface area contributed by atoms with Gasteiger partial charge in [-0.25, -0.2) is 0 Å². The van der Waals surface area contributed by atoms with Crippen molar-refractivity contribution < 1.29 is 19.5 Å². The number of hydrogen-bond acceptors (Lipinski definition) is 5. The van der Waals surface area contributed by atoms with Gasteiger partial charge in [0.15, 0.2) is 0 Å². The smallest absolute Gasteiger partial charge is 0.247 e. The summed E-state index contributed by atoms with van der Waals surface area (Å²) in [6.45, 7) is 9.33. The molecule has 0 aromatic heterocycles. The zero-order chi connectivity index (χ0) is 29.1. The molecule has 3 amide bonds. The average molecular weight is 645 g/mol. The molecule has 4 fully saturated rings. The summed E-state index contributed by atoms with van der Waals surface area (Å²) in [5.74, 6) is -1.32. The highest BCUT2D eigenvalue weighted by Crippen LogP contribution is 2.68. The molecule has 5 rings (SSSR count). The van der Waals surface area contributed by atoms with Gasteiger partial charge in [-0.05, 0) is 31.2 Å². The molecule has 7 nitrogen and oxygen atoms in total. The third-order valence-electron chi connectivity index (χ3n) is 9.37. The van der Waals surface area contributed by atoms with Gasteiger partial charge in [-0.15, -0.1) is 24.9 Å². The van der Waals surface area contributed by atoms with Gasteiger partial charge in [0.05, 0.1) is 16.6 Å². The molecule has 3 aliphatic heterocycles. The highest BCUT2D eigenvalue weighted by atomic mass is 79.9. The van der Waals surface area contributed by atoms with Crippen molar-refractivity contribution in [2.24, 2.45) is 11.8 Å². The first kappa shape index (κ1) is 30.4. The van der Waals surface area contributed by atoms with Gasteiger partial charge in [-0.1, -0.05) is 77.7 Å². The van der Waals surface area contributed by atoms with Crippen LogP contribution in [0.5, 0.6) is 0 Å². The van der Waals surface area contributed by atoms with Crippen LogP contribution < -0.4 is 0 Å². The van der Waals surface area contributed by atoms with Gasteiger partial charge in [-0.3, -0.25) is 14.4 Å². The molecule has 41 heavy (non-hydrogen) atoms. The number of aliphatic hydroxyl groups is 1. The highest BCUT2D eigenvalue weighted by molar-refractivity contribution is 9.09. The monoisotopic (exact) mass is 643 g/mol. The number of halogens is 1. The van der Waals surface area contributed by atoms with Crippen molar-refractivity contribution in [2.75, 3.05) is 26.2 Å². The molecule has 4 aliphatic rings. The largest absolute Gasteiger partial charge is 0.396 e. The summed E-state index contributed by atoms with van der Waals surface area (Å²) in [6.07, 6.45) is 9.85. The van der Waals surface area contributed by atoms with Crippen molar-refractivity contribution in [2.45, 2.75) is 78.4 Å². The van der Waals surface area contributed by atoms with E-state index < -0.39 is 22.6 Å². The molecule has 222 valence electrons. The Hall–Kier alpha value is -2.10. The molecule has 1 aliphatic carbocycles. The standard InChI is InChI=1S/C32H42BrN3O4S/c1-3-16-34(21-22-12-7-5-8-13-22)29(38)25-26-30(39)36(18-11-19-37)28(32(26)20-24(33)27(25)41-32)31(40)35(17-4-2)23-14-9-6-10-15-23/h3-5,7-8,12-13,23-28,37H,1-2,6,9-11,14-21H2/t24?,25-,26-,27-,28?,32?/m0/s1. The van der Waals surface area contributed by atoms with E-state index in [1.807, 2.05) is 35.2 Å². The minimum absolute atomic E-state index is 0.0171. The zero-order valence-electron chi connectivity index (χ0n) is 23.7. The molecule has 3 saturated heterocycles. The molecule has 9 heteroatoms. The van der Waals surface area contributed by atoms with Crippen molar-refractivity contribution in [3.63, 3.8) is 0 Å². The van der Waals surface area contributed by atoms with E-state index in [4.69, 9.17) is 0 Å². The molecule has 3 unspecified atom stereocenters. The second-order valence-corrected chi connectivity index (χ2v) is 14.6. The third-order valence-corrected chi connectivity index (χ3v) is 12.6. The van der Waals surface area contributed by atoms with Crippen LogP contribution in [0.1, 0.15) is 50.5 Å². The fourth-order valence-electron chi connectivity index (χ4n) is 7.68. The Balaban J connectivity index is 1.51. The highest BCUT2D eigenvalue weighted by Gasteiger charge is 2.76. The summed E-state index contributed by atoms with van der Waals surface area (Å²) in [6, 6.07) is 9.34. The quantitative estimate of drug-likeness (QED) is 0.270. The van der Waals surface area contributed by atoms with Gasteiger partial charge in [0.25, 0.3) is 0 Å². The first-order chi connectivity index (χ1) is 19.9. The van der Waals surface area contributed by atoms with E-state index in [0.29, 0.717) is 39.0 Å². The van der Waals surface area contributed by atoms with Gasteiger partial charge in [0, 0.05) is 48.9 Å². The van der Waals surface area contributed by atoms with E-state index in [0.717, 1.165) is 31.2 Å². The minimum Gasteiger partial charge on any atom is -0.396 e. The summed E-state index contributed by atoms with van der Waals surface area (Å²) in [5.41, 5.74) is 1.02. The van der Waals surface area contributed by atoms with Crippen molar-refractivity contribution in [1.82, 2.24) is 14.7 Å². The second kappa shape index (κ2) is 13.0. The van der Waals surface area contributed by atoms with E-state index in [-0.39, 0.29) is 40.4 Å². The molecule has 3 heterocycles. The fourth-order valence-corrected chi connectivity index (χ4v) is 11.3. The maximum atomic E-state index is 14.6. The maximum absolute atomic E-state index is 14.6. The van der Waals surface area contributed by atoms with Crippen molar-refractivity contribution >= 4 is 45.4 Å². The first-order valence-corrected chi connectivity index (χ1v) is 16.8. The molecule has 0 radical (unpaired) electrons. The van der Waals surface area contributed by atoms with Crippen molar-refractivity contribution in [1.29, 1.82) is 0 Å². The molecular formula is C32H42BrN3O4S. The Morgan fingerprint density at radius 2 is 1.80 bits per heavy atom. The molecule has 1 saturated carbocycles. The van der Waals surface area contributed by atoms with Gasteiger partial charge < -0.3 is 19.8 Å². The summed E-state index contributed by atoms with van der Waals surface area (Å²) >= 11 is 5.56. The lowest BCUT2D eigenvalue weighted by Gasteiger charge is -2.41. The topological polar surface area (TPSA) is 81.2 Å². The number of amides is 3. The SMILES string of the molecule is C=CCN(Cc1ccccc1)C(=O)[C@H]1[C@H]2C(=O)N(CCCO)C(C(=O)N(CC=C)C3CCCCC3)C23CC(Br)[C@@H]1S3. The number of nitrogens with zero attached hydrogens (tertiary/aromatic N) is 3. The summed E-state index contributed by atoms with van der Waals surface area (Å²) in [7, 11) is 0. The van der Waals surface area contributed by atoms with Gasteiger partial charge in [-0.2, -0.15) is 0 Å². The van der Waals surface area contributed by atoms with E-state index >= 15 is 0 Å². The first-order valence-electron chi connectivity index (χ1n) is 15.0. The summed E-state index contributed by atoms with van der Waals surface area (Å²) in [5, 5.41) is 9.59. The molecule has 2 bridgehead atoms. The van der Waals surface area contributed by atoms with Crippen LogP contribution in [-0.2, 0) is 20.9 Å². The number of fused-ring (bicyclic) bond motifs is 1. The summed E-state index contributed by atoms with van der Waals surface area (Å²) < 4.78 is -0.691. The van der Waals surface area contributed by atoms with Crippen LogP contribution in [0, 0.1) is 11.8 Å². The number of alkyl halides is 1. The van der Waals surface area contributed by atoms with Crippen molar-refractivity contribution in [3.05, 3.63) is 61.2 Å². The maximum Gasteiger partial charge on any atom is 0.247 e. The molecule has 1 aromatic rings. The number of carbonyl (C=O) groups excluding carboxylic acids is 3. The molecule has 6 atom stereocenters. The van der Waals surface area contributed by atoms with Crippen LogP contribution in [0.15, 0.2) is 55.6 Å². The summed E-state index contributed by atoms with van der Waals surface area (Å²) in [4.78, 5) is 48.8. The third kappa shape index (κ3) is 5.54. The normalized spacial score (nSPS) is 30.7. The van der Waals surface area contributed by atoms with Crippen LogP contribution in [0.3, 0.4) is 0 Å². The second-order valence-electron chi connectivity index (χ2n) is 11.8. The molecule has 1 aromatic carbocycles.